The van der Waals surface area contributed by atoms with Crippen LogP contribution >= 0.6 is 0 Å². The quantitative estimate of drug-likeness (QED) is 0.436. The lowest BCUT2D eigenvalue weighted by atomic mass is 10.3. The number of rotatable bonds is 1. The Balaban J connectivity index is 2.73. The van der Waals surface area contributed by atoms with Crippen LogP contribution in [0.2, 0.25) is 0 Å². The second kappa shape index (κ2) is 3.32. The van der Waals surface area contributed by atoms with Gasteiger partial charge in [0.2, 0.25) is 5.25 Å². The molecule has 1 saturated heterocycles. The van der Waals surface area contributed by atoms with Gasteiger partial charge < -0.3 is 10.4 Å². The number of carbonyl (C=O) groups is 2. The number of nitrogens with one attached hydrogen (secondary N) is 2. The van der Waals surface area contributed by atoms with E-state index in [1.165, 1.54) is 0 Å². The van der Waals surface area contributed by atoms with E-state index in [-0.39, 0.29) is 10.9 Å². The van der Waals surface area contributed by atoms with Crippen molar-refractivity contribution >= 4 is 22.8 Å². The summed E-state index contributed by atoms with van der Waals surface area (Å²) in [5.74, 6) is -0.403. The molecule has 0 spiro atoms. The number of hydrogen-bond acceptors (Lipinski definition) is 3. The van der Waals surface area contributed by atoms with Crippen molar-refractivity contribution < 1.29 is 14.7 Å². The highest BCUT2D eigenvalue weighted by Crippen LogP contribution is 2.07. The molecule has 2 atom stereocenters. The zero-order valence-electron chi connectivity index (χ0n) is 6.83. The number of imide groups is 1. The molecule has 3 N–H and O–H groups in total. The highest BCUT2D eigenvalue weighted by atomic mass is 32.2. The van der Waals surface area contributed by atoms with Gasteiger partial charge in [-0.15, -0.1) is 0 Å². The third-order valence-electron chi connectivity index (χ3n) is 1.57. The molecule has 0 aromatic rings. The smallest absolute Gasteiger partial charge is 0.323 e. The maximum atomic E-state index is 11.1. The van der Waals surface area contributed by atoms with E-state index in [2.05, 4.69) is 10.6 Å². The van der Waals surface area contributed by atoms with E-state index in [1.54, 1.807) is 0 Å². The first-order valence-corrected chi connectivity index (χ1v) is 5.48. The molecule has 1 fully saturated rings. The standard InChI is InChI=1S/C6H10N2O3S/c1-12(2)3-4(9)7-6(11)8-5(3)10/h3-4,9H,1-2H3,(H-,7,8,10,11)/p+1. The number of urea groups is 1. The molecule has 1 aliphatic heterocycles. The van der Waals surface area contributed by atoms with Gasteiger partial charge in [-0.1, -0.05) is 0 Å². The third kappa shape index (κ3) is 1.70. The summed E-state index contributed by atoms with van der Waals surface area (Å²) >= 11 is 0. The van der Waals surface area contributed by atoms with Crippen molar-refractivity contribution in [1.82, 2.24) is 10.6 Å². The van der Waals surface area contributed by atoms with Crippen LogP contribution in [0.1, 0.15) is 0 Å². The highest BCUT2D eigenvalue weighted by Gasteiger charge is 2.42. The third-order valence-corrected chi connectivity index (χ3v) is 3.06. The van der Waals surface area contributed by atoms with Crippen molar-refractivity contribution in [2.75, 3.05) is 12.5 Å². The van der Waals surface area contributed by atoms with Crippen LogP contribution in [0.4, 0.5) is 4.79 Å². The predicted octanol–water partition coefficient (Wildman–Crippen LogP) is -1.61. The molecule has 0 aliphatic carbocycles. The van der Waals surface area contributed by atoms with E-state index in [1.807, 2.05) is 12.5 Å². The summed E-state index contributed by atoms with van der Waals surface area (Å²) in [4.78, 5) is 21.8. The van der Waals surface area contributed by atoms with E-state index >= 15 is 0 Å². The Labute approximate surface area is 72.9 Å². The summed E-state index contributed by atoms with van der Waals surface area (Å²) < 4.78 is 0. The number of aliphatic hydroxyl groups excluding tert-OH is 1. The van der Waals surface area contributed by atoms with E-state index in [0.29, 0.717) is 0 Å². The second-order valence-corrected chi connectivity index (χ2v) is 4.97. The van der Waals surface area contributed by atoms with Crippen LogP contribution in [0.15, 0.2) is 0 Å². The minimum Gasteiger partial charge on any atom is -0.368 e. The Morgan fingerprint density at radius 2 is 2.00 bits per heavy atom. The van der Waals surface area contributed by atoms with Crippen molar-refractivity contribution in [2.45, 2.75) is 11.5 Å². The molecular formula is C6H11N2O3S+. The summed E-state index contributed by atoms with van der Waals surface area (Å²) in [6, 6.07) is -0.630. The summed E-state index contributed by atoms with van der Waals surface area (Å²) in [5, 5.41) is 13.1. The minimum atomic E-state index is -1.05. The molecule has 0 bridgehead atoms. The van der Waals surface area contributed by atoms with Gasteiger partial charge in [0.25, 0.3) is 5.91 Å². The SMILES string of the molecule is C[S+](C)C1C(=O)NC(=O)NC1O. The first kappa shape index (κ1) is 9.34. The van der Waals surface area contributed by atoms with Crippen LogP contribution in [-0.4, -0.2) is 41.0 Å². The molecular weight excluding hydrogens is 180 g/mol. The van der Waals surface area contributed by atoms with Crippen molar-refractivity contribution in [3.8, 4) is 0 Å². The van der Waals surface area contributed by atoms with Crippen molar-refractivity contribution in [3.63, 3.8) is 0 Å². The maximum absolute atomic E-state index is 11.1. The number of aliphatic hydroxyl groups is 1. The van der Waals surface area contributed by atoms with Gasteiger partial charge in [0.15, 0.2) is 6.23 Å². The van der Waals surface area contributed by atoms with Gasteiger partial charge in [-0.2, -0.15) is 0 Å². The van der Waals surface area contributed by atoms with Crippen LogP contribution in [0.3, 0.4) is 0 Å². The van der Waals surface area contributed by atoms with Crippen molar-refractivity contribution in [3.05, 3.63) is 0 Å². The van der Waals surface area contributed by atoms with Crippen LogP contribution in [-0.2, 0) is 15.7 Å². The Bertz CT molecular complexity index is 219. The van der Waals surface area contributed by atoms with Crippen molar-refractivity contribution in [2.24, 2.45) is 0 Å². The zero-order chi connectivity index (χ0) is 9.30. The van der Waals surface area contributed by atoms with E-state index < -0.39 is 23.4 Å². The summed E-state index contributed by atoms with van der Waals surface area (Å²) in [6.07, 6.45) is 2.63. The molecule has 0 aromatic heterocycles. The number of carbonyl (C=O) groups excluding carboxylic acids is 2. The van der Waals surface area contributed by atoms with Crippen LogP contribution in [0.5, 0.6) is 0 Å². The maximum Gasteiger partial charge on any atom is 0.323 e. The molecule has 1 aliphatic rings. The van der Waals surface area contributed by atoms with E-state index in [9.17, 15) is 14.7 Å². The summed E-state index contributed by atoms with van der Waals surface area (Å²) in [7, 11) is -0.254. The molecule has 0 saturated carbocycles. The van der Waals surface area contributed by atoms with Gasteiger partial charge in [-0.05, 0) is 10.9 Å². The number of hydrogen-bond donors (Lipinski definition) is 3. The lowest BCUT2D eigenvalue weighted by molar-refractivity contribution is -0.122. The van der Waals surface area contributed by atoms with Crippen LogP contribution < -0.4 is 10.6 Å². The first-order chi connectivity index (χ1) is 5.52. The summed E-state index contributed by atoms with van der Waals surface area (Å²) in [6.45, 7) is 0. The molecule has 68 valence electrons. The van der Waals surface area contributed by atoms with Gasteiger partial charge >= 0.3 is 6.03 Å². The topological polar surface area (TPSA) is 78.4 Å². The average Bonchev–Trinajstić information content (AvgIpc) is 1.82. The number of amides is 3. The molecule has 12 heavy (non-hydrogen) atoms. The second-order valence-electron chi connectivity index (χ2n) is 2.71. The van der Waals surface area contributed by atoms with Crippen molar-refractivity contribution in [1.29, 1.82) is 0 Å². The Kier molecular flexibility index (Phi) is 2.58. The van der Waals surface area contributed by atoms with Crippen LogP contribution in [0, 0.1) is 0 Å². The molecule has 0 radical (unpaired) electrons. The highest BCUT2D eigenvalue weighted by molar-refractivity contribution is 7.96. The fourth-order valence-corrected chi connectivity index (χ4v) is 2.12. The van der Waals surface area contributed by atoms with Gasteiger partial charge in [0.05, 0.1) is 12.5 Å². The monoisotopic (exact) mass is 191 g/mol. The van der Waals surface area contributed by atoms with Gasteiger partial charge in [-0.25, -0.2) is 4.79 Å². The van der Waals surface area contributed by atoms with Gasteiger partial charge in [0.1, 0.15) is 0 Å². The minimum absolute atomic E-state index is 0.254. The lowest BCUT2D eigenvalue weighted by Gasteiger charge is -2.24. The van der Waals surface area contributed by atoms with Gasteiger partial charge in [0, 0.05) is 0 Å². The molecule has 3 amide bonds. The fraction of sp³-hybridized carbons (Fsp3) is 0.667. The fourth-order valence-electron chi connectivity index (χ4n) is 1.04. The Hall–Kier alpha value is -0.750. The molecule has 1 heterocycles. The molecule has 2 unspecified atom stereocenters. The Morgan fingerprint density at radius 1 is 1.42 bits per heavy atom. The molecule has 0 aromatic carbocycles. The molecule has 6 heteroatoms. The van der Waals surface area contributed by atoms with E-state index in [4.69, 9.17) is 0 Å². The van der Waals surface area contributed by atoms with Gasteiger partial charge in [-0.3, -0.25) is 10.1 Å². The first-order valence-electron chi connectivity index (χ1n) is 3.38. The van der Waals surface area contributed by atoms with Crippen LogP contribution in [0.25, 0.3) is 0 Å². The largest absolute Gasteiger partial charge is 0.368 e. The zero-order valence-corrected chi connectivity index (χ0v) is 7.64. The molecule has 5 nitrogen and oxygen atoms in total. The summed E-state index contributed by atoms with van der Waals surface area (Å²) in [5.41, 5.74) is 0. The van der Waals surface area contributed by atoms with E-state index in [0.717, 1.165) is 0 Å². The lowest BCUT2D eigenvalue weighted by Crippen LogP contribution is -2.63. The normalized spacial score (nSPS) is 30.0. The average molecular weight is 191 g/mol. The molecule has 1 rings (SSSR count). The Morgan fingerprint density at radius 3 is 2.42 bits per heavy atom. The predicted molar refractivity (Wildman–Crippen MR) is 45.7 cm³/mol.